The van der Waals surface area contributed by atoms with Gasteiger partial charge in [-0.05, 0) is 0 Å². The molecule has 0 saturated carbocycles. The smallest absolute Gasteiger partial charge is 0.0957 e. The predicted molar refractivity (Wildman–Crippen MR) is 26.5 cm³/mol. The van der Waals surface area contributed by atoms with Crippen LogP contribution in [0.4, 0.5) is 0 Å². The van der Waals surface area contributed by atoms with Crippen molar-refractivity contribution in [3.63, 3.8) is 0 Å². The normalized spacial score (nSPS) is 24.3. The zero-order valence-electron chi connectivity index (χ0n) is 3.85. The third kappa shape index (κ3) is 0.774. The minimum absolute atomic E-state index is 0.289. The molecule has 0 aromatic heterocycles. The maximum atomic E-state index is 9.49. The van der Waals surface area contributed by atoms with Gasteiger partial charge in [0.25, 0.3) is 0 Å². The fraction of sp³-hybridized carbons (Fsp3) is 0.600. The molecule has 0 radical (unpaired) electrons. The van der Waals surface area contributed by atoms with Crippen LogP contribution in [0.2, 0.25) is 0 Å². The molecule has 36 valence electrons. The molecule has 1 rings (SSSR count). The highest BCUT2D eigenvalue weighted by atomic mass is 16.3. The van der Waals surface area contributed by atoms with Crippen molar-refractivity contribution < 1.29 is 0 Å². The van der Waals surface area contributed by atoms with Gasteiger partial charge >= 0.3 is 0 Å². The van der Waals surface area contributed by atoms with Crippen LogP contribution in [0.3, 0.4) is 0 Å². The summed E-state index contributed by atoms with van der Waals surface area (Å²) in [6.07, 6.45) is 0.867. The van der Waals surface area contributed by atoms with Gasteiger partial charge in [0.15, 0.2) is 0 Å². The molecule has 1 aliphatic rings. The second-order valence-electron chi connectivity index (χ2n) is 1.53. The largest absolute Gasteiger partial charge is 0.151 e. The molecular weight excluding hydrogens is 90.1 g/mol. The highest BCUT2D eigenvalue weighted by Crippen LogP contribution is 2.07. The van der Waals surface area contributed by atoms with E-state index in [1.165, 1.54) is 0 Å². The number of hydrogen-bond acceptors (Lipinski definition) is 2. The van der Waals surface area contributed by atoms with Crippen molar-refractivity contribution in [2.75, 3.05) is 6.54 Å². The Kier molecular flexibility index (Phi) is 1.08. The monoisotopic (exact) mass is 95.0 g/mol. The Bertz CT molecular complexity index is 131. The van der Waals surface area contributed by atoms with Crippen LogP contribution in [0.25, 0.3) is 0 Å². The SMILES string of the molecule is O=NC[C@@H]1C#CC1. The maximum Gasteiger partial charge on any atom is 0.0957 e. The van der Waals surface area contributed by atoms with E-state index < -0.39 is 0 Å². The summed E-state index contributed by atoms with van der Waals surface area (Å²) in [5.74, 6) is 5.89. The Labute approximate surface area is 41.9 Å². The molecule has 0 aromatic carbocycles. The van der Waals surface area contributed by atoms with Crippen molar-refractivity contribution in [2.45, 2.75) is 6.42 Å². The predicted octanol–water partition coefficient (Wildman–Crippen LogP) is 0.776. The molecule has 0 fully saturated rings. The molecule has 7 heavy (non-hydrogen) atoms. The molecule has 0 N–H and O–H groups in total. The van der Waals surface area contributed by atoms with Crippen molar-refractivity contribution in [3.8, 4) is 11.8 Å². The van der Waals surface area contributed by atoms with Crippen LogP contribution in [0, 0.1) is 22.7 Å². The van der Waals surface area contributed by atoms with Crippen LogP contribution in [-0.2, 0) is 0 Å². The molecule has 0 heterocycles. The average molecular weight is 95.1 g/mol. The summed E-state index contributed by atoms with van der Waals surface area (Å²) >= 11 is 0. The van der Waals surface area contributed by atoms with Crippen molar-refractivity contribution in [3.05, 3.63) is 4.91 Å². The van der Waals surface area contributed by atoms with Crippen LogP contribution in [-0.4, -0.2) is 6.54 Å². The number of rotatable bonds is 2. The highest BCUT2D eigenvalue weighted by Gasteiger charge is 2.07. The van der Waals surface area contributed by atoms with E-state index in [0.717, 1.165) is 6.42 Å². The fourth-order valence-corrected chi connectivity index (χ4v) is 0.447. The Hall–Kier alpha value is -0.840. The average Bonchev–Trinajstić information content (AvgIpc) is 1.55. The fourth-order valence-electron chi connectivity index (χ4n) is 0.447. The molecule has 1 atom stereocenters. The lowest BCUT2D eigenvalue weighted by Gasteiger charge is -2.05. The molecule has 0 aromatic rings. The Morgan fingerprint density at radius 2 is 2.57 bits per heavy atom. The van der Waals surface area contributed by atoms with E-state index in [9.17, 15) is 4.91 Å². The zero-order chi connectivity index (χ0) is 5.11. The zero-order valence-corrected chi connectivity index (χ0v) is 3.85. The lowest BCUT2D eigenvalue weighted by Crippen LogP contribution is -2.05. The van der Waals surface area contributed by atoms with Crippen molar-refractivity contribution in [1.29, 1.82) is 0 Å². The quantitative estimate of drug-likeness (QED) is 0.368. The lowest BCUT2D eigenvalue weighted by molar-refractivity contribution is 0.676. The molecule has 0 aliphatic heterocycles. The van der Waals surface area contributed by atoms with Gasteiger partial charge in [-0.3, -0.25) is 0 Å². The first-order valence-electron chi connectivity index (χ1n) is 2.21. The van der Waals surface area contributed by atoms with E-state index in [1.807, 2.05) is 0 Å². The molecule has 0 amide bonds. The standard InChI is InChI=1S/C5H5NO/c7-6-4-5-2-1-3-5/h5H,2,4H2/t5-/m0/s1. The summed E-state index contributed by atoms with van der Waals surface area (Å²) in [4.78, 5) is 9.49. The van der Waals surface area contributed by atoms with Gasteiger partial charge in [-0.25, -0.2) is 0 Å². The lowest BCUT2D eigenvalue weighted by atomic mass is 10.00. The van der Waals surface area contributed by atoms with Gasteiger partial charge < -0.3 is 0 Å². The molecule has 0 unspecified atom stereocenters. The highest BCUT2D eigenvalue weighted by molar-refractivity contribution is 5.17. The van der Waals surface area contributed by atoms with Gasteiger partial charge in [0.1, 0.15) is 0 Å². The van der Waals surface area contributed by atoms with Crippen LogP contribution >= 0.6 is 0 Å². The minimum atomic E-state index is 0.289. The van der Waals surface area contributed by atoms with E-state index in [4.69, 9.17) is 0 Å². The maximum absolute atomic E-state index is 9.49. The molecule has 0 spiro atoms. The summed E-state index contributed by atoms with van der Waals surface area (Å²) < 4.78 is 0. The Morgan fingerprint density at radius 1 is 1.86 bits per heavy atom. The molecule has 0 bridgehead atoms. The van der Waals surface area contributed by atoms with Crippen LogP contribution in [0.15, 0.2) is 5.18 Å². The second kappa shape index (κ2) is 1.74. The third-order valence-electron chi connectivity index (χ3n) is 0.950. The minimum Gasteiger partial charge on any atom is -0.151 e. The summed E-state index contributed by atoms with van der Waals surface area (Å²) in [7, 11) is 0. The molecular formula is C5H5NO. The van der Waals surface area contributed by atoms with Gasteiger partial charge in [-0.1, -0.05) is 11.1 Å². The van der Waals surface area contributed by atoms with E-state index in [1.54, 1.807) is 0 Å². The summed E-state index contributed by atoms with van der Waals surface area (Å²) in [5, 5.41) is 2.71. The van der Waals surface area contributed by atoms with Gasteiger partial charge in [0, 0.05) is 6.42 Å². The molecule has 0 saturated heterocycles. The Balaban J connectivity index is 2.22. The van der Waals surface area contributed by atoms with Crippen molar-refractivity contribution in [1.82, 2.24) is 0 Å². The first-order valence-corrected chi connectivity index (χ1v) is 2.21. The topological polar surface area (TPSA) is 29.4 Å². The van der Waals surface area contributed by atoms with Crippen molar-refractivity contribution >= 4 is 0 Å². The van der Waals surface area contributed by atoms with Gasteiger partial charge in [0.05, 0.1) is 12.5 Å². The number of nitroso groups, excluding NO2 is 1. The van der Waals surface area contributed by atoms with E-state index in [0.29, 0.717) is 6.54 Å². The first-order chi connectivity index (χ1) is 3.43. The molecule has 2 nitrogen and oxygen atoms in total. The summed E-state index contributed by atoms with van der Waals surface area (Å²) in [6.45, 7) is 0.382. The molecule has 2 heteroatoms. The van der Waals surface area contributed by atoms with Gasteiger partial charge in [-0.2, -0.15) is 4.91 Å². The molecule has 1 aliphatic carbocycles. The first kappa shape index (κ1) is 4.32. The van der Waals surface area contributed by atoms with E-state index >= 15 is 0 Å². The van der Waals surface area contributed by atoms with E-state index in [2.05, 4.69) is 17.0 Å². The summed E-state index contributed by atoms with van der Waals surface area (Å²) in [6, 6.07) is 0. The van der Waals surface area contributed by atoms with E-state index in [-0.39, 0.29) is 5.92 Å². The van der Waals surface area contributed by atoms with Gasteiger partial charge in [0.2, 0.25) is 0 Å². The number of hydrogen-bond donors (Lipinski definition) is 0. The van der Waals surface area contributed by atoms with Crippen LogP contribution in [0.5, 0.6) is 0 Å². The third-order valence-corrected chi connectivity index (χ3v) is 0.950. The van der Waals surface area contributed by atoms with Crippen LogP contribution in [0.1, 0.15) is 6.42 Å². The van der Waals surface area contributed by atoms with Crippen LogP contribution < -0.4 is 0 Å². The Morgan fingerprint density at radius 3 is 2.71 bits per heavy atom. The number of nitrogens with zero attached hydrogens (tertiary/aromatic N) is 1. The van der Waals surface area contributed by atoms with Gasteiger partial charge in [-0.15, -0.1) is 5.92 Å². The van der Waals surface area contributed by atoms with Crippen molar-refractivity contribution in [2.24, 2.45) is 11.1 Å². The summed E-state index contributed by atoms with van der Waals surface area (Å²) in [5.41, 5.74) is 0. The second-order valence-corrected chi connectivity index (χ2v) is 1.53.